The van der Waals surface area contributed by atoms with E-state index in [2.05, 4.69) is 15.0 Å². The minimum Gasteiger partial charge on any atom is -0.400 e. The van der Waals surface area contributed by atoms with Crippen LogP contribution < -0.4 is 10.0 Å². The summed E-state index contributed by atoms with van der Waals surface area (Å²) in [6.07, 6.45) is 0.950. The van der Waals surface area contributed by atoms with Crippen molar-refractivity contribution >= 4 is 37.4 Å². The Kier molecular flexibility index (Phi) is 6.73. The van der Waals surface area contributed by atoms with E-state index in [-0.39, 0.29) is 4.90 Å². The number of benzene rings is 3. The van der Waals surface area contributed by atoms with Gasteiger partial charge in [0.2, 0.25) is 0 Å². The summed E-state index contributed by atoms with van der Waals surface area (Å²) >= 11 is 0. The molecule has 0 saturated heterocycles. The zero-order chi connectivity index (χ0) is 21.7. The predicted molar refractivity (Wildman–Crippen MR) is 120 cm³/mol. The molecule has 0 saturated carbocycles. The summed E-state index contributed by atoms with van der Waals surface area (Å²) in [5.41, 5.74) is 1.82. The first-order chi connectivity index (χ1) is 14.5. The van der Waals surface area contributed by atoms with Crippen LogP contribution in [0, 0.1) is 0 Å². The van der Waals surface area contributed by atoms with Crippen molar-refractivity contribution in [1.82, 2.24) is 10.3 Å². The van der Waals surface area contributed by atoms with E-state index < -0.39 is 16.1 Å². The molecule has 30 heavy (non-hydrogen) atoms. The number of aliphatic hydroxyl groups excluding tert-OH is 2. The number of aromatic nitrogens is 1. The largest absolute Gasteiger partial charge is 0.400 e. The van der Waals surface area contributed by atoms with E-state index in [1.54, 1.807) is 43.6 Å². The number of likely N-dealkylation sites (N-methyl/N-ethyl adjacent to an activating group) is 1. The third kappa shape index (κ3) is 4.31. The zero-order valence-corrected chi connectivity index (χ0v) is 17.6. The van der Waals surface area contributed by atoms with Gasteiger partial charge in [0, 0.05) is 36.3 Å². The third-order valence-corrected chi connectivity index (χ3v) is 6.13. The summed E-state index contributed by atoms with van der Waals surface area (Å²) in [4.78, 5) is 3.29. The molecule has 4 rings (SSSR count). The van der Waals surface area contributed by atoms with Gasteiger partial charge >= 0.3 is 0 Å². The second-order valence-electron chi connectivity index (χ2n) is 6.66. The Labute approximate surface area is 175 Å². The number of aromatic amines is 1. The molecule has 0 fully saturated rings. The lowest BCUT2D eigenvalue weighted by molar-refractivity contribution is 0.179. The normalized spacial score (nSPS) is 12.4. The SMILES string of the molecule is CNCC(O)c1c[nH]c2cccc(NS(=O)(=O)c3ccc4ccccc4c3)c12.CO. The number of sulfonamides is 1. The van der Waals surface area contributed by atoms with Gasteiger partial charge in [-0.05, 0) is 42.1 Å². The van der Waals surface area contributed by atoms with Crippen molar-refractivity contribution in [2.75, 3.05) is 25.4 Å². The van der Waals surface area contributed by atoms with Crippen LogP contribution >= 0.6 is 0 Å². The van der Waals surface area contributed by atoms with Crippen LogP contribution in [0.15, 0.2) is 71.8 Å². The molecule has 4 aromatic rings. The Balaban J connectivity index is 0.00000124. The highest BCUT2D eigenvalue weighted by atomic mass is 32.2. The minimum atomic E-state index is -3.79. The summed E-state index contributed by atoms with van der Waals surface area (Å²) < 4.78 is 28.7. The van der Waals surface area contributed by atoms with Gasteiger partial charge in [0.15, 0.2) is 0 Å². The quantitative estimate of drug-likeness (QED) is 0.325. The van der Waals surface area contributed by atoms with Crippen molar-refractivity contribution in [3.63, 3.8) is 0 Å². The van der Waals surface area contributed by atoms with E-state index in [1.165, 1.54) is 0 Å². The molecular formula is C22H25N3O4S. The molecule has 5 N–H and O–H groups in total. The first kappa shape index (κ1) is 21.8. The lowest BCUT2D eigenvalue weighted by Crippen LogP contribution is -2.17. The van der Waals surface area contributed by atoms with Crippen molar-refractivity contribution < 1.29 is 18.6 Å². The summed E-state index contributed by atoms with van der Waals surface area (Å²) in [5, 5.41) is 22.8. The molecule has 0 amide bonds. The van der Waals surface area contributed by atoms with E-state index in [9.17, 15) is 13.5 Å². The van der Waals surface area contributed by atoms with E-state index in [0.717, 1.165) is 23.4 Å². The monoisotopic (exact) mass is 427 g/mol. The van der Waals surface area contributed by atoms with Crippen LogP contribution in [0.25, 0.3) is 21.7 Å². The van der Waals surface area contributed by atoms with Gasteiger partial charge in [0.25, 0.3) is 10.0 Å². The van der Waals surface area contributed by atoms with Gasteiger partial charge in [0.1, 0.15) is 0 Å². The summed E-state index contributed by atoms with van der Waals surface area (Å²) in [5.74, 6) is 0. The lowest BCUT2D eigenvalue weighted by atomic mass is 10.1. The Hall–Kier alpha value is -2.91. The van der Waals surface area contributed by atoms with Gasteiger partial charge in [-0.3, -0.25) is 4.72 Å². The van der Waals surface area contributed by atoms with E-state index in [0.29, 0.717) is 23.2 Å². The maximum Gasteiger partial charge on any atom is 0.261 e. The summed E-state index contributed by atoms with van der Waals surface area (Å²) in [7, 11) is -1.04. The summed E-state index contributed by atoms with van der Waals surface area (Å²) in [6, 6.07) is 18.0. The molecule has 1 aromatic heterocycles. The molecule has 1 unspecified atom stereocenters. The Morgan fingerprint density at radius 1 is 1.00 bits per heavy atom. The number of hydrogen-bond acceptors (Lipinski definition) is 5. The van der Waals surface area contributed by atoms with Crippen LogP contribution in [0.5, 0.6) is 0 Å². The molecule has 0 radical (unpaired) electrons. The first-order valence-electron chi connectivity index (χ1n) is 9.38. The fourth-order valence-electron chi connectivity index (χ4n) is 3.40. The van der Waals surface area contributed by atoms with Crippen LogP contribution in [-0.2, 0) is 10.0 Å². The number of hydrogen-bond donors (Lipinski definition) is 5. The number of nitrogens with one attached hydrogen (secondary N) is 3. The second kappa shape index (κ2) is 9.27. The Morgan fingerprint density at radius 2 is 1.73 bits per heavy atom. The molecule has 158 valence electrons. The number of anilines is 1. The molecule has 0 aliphatic rings. The highest BCUT2D eigenvalue weighted by Gasteiger charge is 2.20. The lowest BCUT2D eigenvalue weighted by Gasteiger charge is -2.13. The van der Waals surface area contributed by atoms with Gasteiger partial charge in [-0.2, -0.15) is 0 Å². The molecule has 0 spiro atoms. The number of rotatable bonds is 6. The standard InChI is InChI=1S/C21H21N3O3S.CH4O/c1-22-13-20(25)17-12-23-18-7-4-8-19(21(17)18)24-28(26,27)16-10-9-14-5-2-3-6-15(14)11-16;1-2/h2-12,20,22-25H,13H2,1H3;2H,1H3. The van der Waals surface area contributed by atoms with Crippen LogP contribution in [-0.4, -0.2) is 44.3 Å². The topological polar surface area (TPSA) is 114 Å². The van der Waals surface area contributed by atoms with Crippen molar-refractivity contribution in [2.24, 2.45) is 0 Å². The Bertz CT molecular complexity index is 1250. The predicted octanol–water partition coefficient (Wildman–Crippen LogP) is 2.98. The second-order valence-corrected chi connectivity index (χ2v) is 8.34. The highest BCUT2D eigenvalue weighted by molar-refractivity contribution is 7.92. The fourth-order valence-corrected chi connectivity index (χ4v) is 4.51. The molecule has 0 aliphatic carbocycles. The smallest absolute Gasteiger partial charge is 0.261 e. The van der Waals surface area contributed by atoms with Crippen LogP contribution in [0.3, 0.4) is 0 Å². The van der Waals surface area contributed by atoms with Gasteiger partial charge in [-0.25, -0.2) is 8.42 Å². The van der Waals surface area contributed by atoms with Gasteiger partial charge in [0.05, 0.1) is 16.7 Å². The van der Waals surface area contributed by atoms with Crippen molar-refractivity contribution in [1.29, 1.82) is 0 Å². The Morgan fingerprint density at radius 3 is 2.47 bits per heavy atom. The van der Waals surface area contributed by atoms with Crippen LogP contribution in [0.1, 0.15) is 11.7 Å². The van der Waals surface area contributed by atoms with Gasteiger partial charge in [-0.15, -0.1) is 0 Å². The molecule has 0 aliphatic heterocycles. The average Bonchev–Trinajstić information content (AvgIpc) is 3.20. The van der Waals surface area contributed by atoms with Crippen LogP contribution in [0.4, 0.5) is 5.69 Å². The number of fused-ring (bicyclic) bond motifs is 2. The van der Waals surface area contributed by atoms with E-state index >= 15 is 0 Å². The maximum absolute atomic E-state index is 13.0. The fraction of sp³-hybridized carbons (Fsp3) is 0.182. The molecule has 1 atom stereocenters. The van der Waals surface area contributed by atoms with Crippen molar-refractivity contribution in [2.45, 2.75) is 11.0 Å². The molecule has 0 bridgehead atoms. The summed E-state index contributed by atoms with van der Waals surface area (Å²) in [6.45, 7) is 0.360. The maximum atomic E-state index is 13.0. The van der Waals surface area contributed by atoms with Gasteiger partial charge < -0.3 is 20.5 Å². The molecule has 7 nitrogen and oxygen atoms in total. The molecule has 1 heterocycles. The number of aliphatic hydroxyl groups is 2. The number of H-pyrrole nitrogens is 1. The first-order valence-corrected chi connectivity index (χ1v) is 10.9. The molecule has 8 heteroatoms. The molecule has 3 aromatic carbocycles. The van der Waals surface area contributed by atoms with E-state index in [4.69, 9.17) is 5.11 Å². The average molecular weight is 428 g/mol. The zero-order valence-electron chi connectivity index (χ0n) is 16.8. The van der Waals surface area contributed by atoms with Crippen LogP contribution in [0.2, 0.25) is 0 Å². The molecular weight excluding hydrogens is 402 g/mol. The van der Waals surface area contributed by atoms with Crippen molar-refractivity contribution in [3.8, 4) is 0 Å². The third-order valence-electron chi connectivity index (χ3n) is 4.77. The highest BCUT2D eigenvalue weighted by Crippen LogP contribution is 2.32. The van der Waals surface area contributed by atoms with Gasteiger partial charge in [-0.1, -0.05) is 36.4 Å². The van der Waals surface area contributed by atoms with Crippen molar-refractivity contribution in [3.05, 3.63) is 72.4 Å². The van der Waals surface area contributed by atoms with E-state index in [1.807, 2.05) is 30.3 Å². The minimum absolute atomic E-state index is 0.191.